The van der Waals surface area contributed by atoms with Crippen LogP contribution in [0.4, 0.5) is 4.39 Å². The van der Waals surface area contributed by atoms with Gasteiger partial charge < -0.3 is 0 Å². The van der Waals surface area contributed by atoms with E-state index >= 15 is 0 Å². The molecule has 1 aromatic carbocycles. The third kappa shape index (κ3) is 3.17. The van der Waals surface area contributed by atoms with Gasteiger partial charge in [-0.25, -0.2) is 17.5 Å². The molecule has 0 radical (unpaired) electrons. The number of nitriles is 1. The second-order valence-electron chi connectivity index (χ2n) is 4.67. The Morgan fingerprint density at radius 1 is 1.25 bits per heavy atom. The molecule has 0 atom stereocenters. The Balaban J connectivity index is 3.32. The van der Waals surface area contributed by atoms with E-state index in [-0.39, 0.29) is 4.90 Å². The molecule has 4 nitrogen and oxygen atoms in total. The maximum atomic E-state index is 13.5. The number of hydrogen-bond donors (Lipinski definition) is 1. The lowest BCUT2D eigenvalue weighted by molar-refractivity contribution is 0.341. The molecule has 0 spiro atoms. The normalized spacial score (nSPS) is 12.2. The molecule has 110 valence electrons. The molecule has 1 rings (SSSR count). The van der Waals surface area contributed by atoms with Gasteiger partial charge in [-0.2, -0.15) is 5.26 Å². The second kappa shape index (κ2) is 6.33. The van der Waals surface area contributed by atoms with Crippen molar-refractivity contribution < 1.29 is 12.8 Å². The van der Waals surface area contributed by atoms with E-state index in [1.54, 1.807) is 6.07 Å². The van der Waals surface area contributed by atoms with Gasteiger partial charge in [0, 0.05) is 5.54 Å². The summed E-state index contributed by atoms with van der Waals surface area (Å²) in [6.07, 6.45) is 1.86. The van der Waals surface area contributed by atoms with Gasteiger partial charge in [0.2, 0.25) is 10.0 Å². The van der Waals surface area contributed by atoms with E-state index in [1.165, 1.54) is 12.1 Å². The monoisotopic (exact) mass is 298 g/mol. The number of rotatable bonds is 6. The predicted octanol–water partition coefficient (Wildman–Crippen LogP) is 2.94. The molecule has 0 unspecified atom stereocenters. The van der Waals surface area contributed by atoms with Crippen molar-refractivity contribution in [1.82, 2.24) is 4.72 Å². The Morgan fingerprint density at radius 2 is 1.80 bits per heavy atom. The summed E-state index contributed by atoms with van der Waals surface area (Å²) < 4.78 is 41.0. The zero-order valence-electron chi connectivity index (χ0n) is 11.9. The topological polar surface area (TPSA) is 70.0 Å². The van der Waals surface area contributed by atoms with E-state index < -0.39 is 26.9 Å². The van der Waals surface area contributed by atoms with Crippen molar-refractivity contribution in [1.29, 1.82) is 5.26 Å². The van der Waals surface area contributed by atoms with Crippen LogP contribution in [0.5, 0.6) is 0 Å². The number of hydrogen-bond acceptors (Lipinski definition) is 3. The molecule has 20 heavy (non-hydrogen) atoms. The van der Waals surface area contributed by atoms with Crippen LogP contribution in [0.25, 0.3) is 0 Å². The van der Waals surface area contributed by atoms with Crippen molar-refractivity contribution in [3.8, 4) is 6.07 Å². The van der Waals surface area contributed by atoms with Crippen molar-refractivity contribution in [2.24, 2.45) is 0 Å². The van der Waals surface area contributed by atoms with E-state index in [2.05, 4.69) is 4.72 Å². The van der Waals surface area contributed by atoms with Gasteiger partial charge in [-0.3, -0.25) is 0 Å². The SMILES string of the molecule is CCC(CC)(CC)NS(=O)(=O)c1cccc(F)c1C#N. The second-order valence-corrected chi connectivity index (χ2v) is 6.32. The Hall–Kier alpha value is -1.45. The van der Waals surface area contributed by atoms with E-state index in [0.29, 0.717) is 19.3 Å². The maximum absolute atomic E-state index is 13.5. The molecule has 0 aliphatic carbocycles. The van der Waals surface area contributed by atoms with Crippen molar-refractivity contribution in [3.63, 3.8) is 0 Å². The molecule has 0 heterocycles. The number of sulfonamides is 1. The predicted molar refractivity (Wildman–Crippen MR) is 75.0 cm³/mol. The third-order valence-corrected chi connectivity index (χ3v) is 5.38. The zero-order chi connectivity index (χ0) is 15.4. The summed E-state index contributed by atoms with van der Waals surface area (Å²) in [7, 11) is -3.93. The molecule has 0 aliphatic heterocycles. The zero-order valence-corrected chi connectivity index (χ0v) is 12.7. The lowest BCUT2D eigenvalue weighted by Crippen LogP contribution is -2.47. The quantitative estimate of drug-likeness (QED) is 0.877. The minimum absolute atomic E-state index is 0.306. The molecule has 1 aromatic rings. The summed E-state index contributed by atoms with van der Waals surface area (Å²) in [5.74, 6) is -0.828. The number of benzene rings is 1. The van der Waals surface area contributed by atoms with Gasteiger partial charge in [0.1, 0.15) is 22.3 Å². The van der Waals surface area contributed by atoms with Crippen molar-refractivity contribution >= 4 is 10.0 Å². The molecular weight excluding hydrogens is 279 g/mol. The van der Waals surface area contributed by atoms with Crippen LogP contribution in [0.2, 0.25) is 0 Å². The maximum Gasteiger partial charge on any atom is 0.242 e. The molecule has 0 saturated carbocycles. The molecule has 0 aliphatic rings. The van der Waals surface area contributed by atoms with Crippen LogP contribution in [-0.4, -0.2) is 14.0 Å². The summed E-state index contributed by atoms with van der Waals surface area (Å²) in [5.41, 5.74) is -1.02. The summed E-state index contributed by atoms with van der Waals surface area (Å²) in [6, 6.07) is 5.22. The molecular formula is C14H19FN2O2S. The van der Waals surface area contributed by atoms with Gasteiger partial charge in [0.05, 0.1) is 0 Å². The first-order chi connectivity index (χ1) is 9.35. The molecule has 0 fully saturated rings. The van der Waals surface area contributed by atoms with E-state index in [9.17, 15) is 12.8 Å². The molecule has 0 saturated heterocycles. The first-order valence-corrected chi connectivity index (χ1v) is 8.06. The Kier molecular flexibility index (Phi) is 5.26. The Labute approximate surface area is 119 Å². The van der Waals surface area contributed by atoms with E-state index in [0.717, 1.165) is 6.07 Å². The van der Waals surface area contributed by atoms with Crippen LogP contribution in [0.3, 0.4) is 0 Å². The summed E-state index contributed by atoms with van der Waals surface area (Å²) in [4.78, 5) is -0.306. The molecule has 0 aromatic heterocycles. The highest BCUT2D eigenvalue weighted by Gasteiger charge is 2.32. The number of nitrogens with one attached hydrogen (secondary N) is 1. The largest absolute Gasteiger partial charge is 0.242 e. The van der Waals surface area contributed by atoms with E-state index in [4.69, 9.17) is 5.26 Å². The molecule has 1 N–H and O–H groups in total. The highest BCUT2D eigenvalue weighted by atomic mass is 32.2. The van der Waals surface area contributed by atoms with E-state index in [1.807, 2.05) is 20.8 Å². The van der Waals surface area contributed by atoms with Crippen LogP contribution in [-0.2, 0) is 10.0 Å². The fraction of sp³-hybridized carbons (Fsp3) is 0.500. The van der Waals surface area contributed by atoms with Crippen molar-refractivity contribution in [2.75, 3.05) is 0 Å². The first kappa shape index (κ1) is 16.6. The highest BCUT2D eigenvalue weighted by Crippen LogP contribution is 2.25. The standard InChI is InChI=1S/C14H19FN2O2S/c1-4-14(5-2,6-3)17-20(18,19)13-9-7-8-12(15)11(13)10-16/h7-9,17H,4-6H2,1-3H3. The van der Waals surface area contributed by atoms with Crippen molar-refractivity contribution in [3.05, 3.63) is 29.6 Å². The van der Waals surface area contributed by atoms with Crippen LogP contribution in [0.15, 0.2) is 23.1 Å². The lowest BCUT2D eigenvalue weighted by Gasteiger charge is -2.31. The molecule has 6 heteroatoms. The van der Waals surface area contributed by atoms with Gasteiger partial charge >= 0.3 is 0 Å². The lowest BCUT2D eigenvalue weighted by atomic mass is 9.91. The smallest absolute Gasteiger partial charge is 0.207 e. The van der Waals surface area contributed by atoms with Gasteiger partial charge in [0.25, 0.3) is 0 Å². The van der Waals surface area contributed by atoms with Gasteiger partial charge in [-0.05, 0) is 31.4 Å². The highest BCUT2D eigenvalue weighted by molar-refractivity contribution is 7.89. The van der Waals surface area contributed by atoms with Gasteiger partial charge in [0.15, 0.2) is 0 Å². The fourth-order valence-corrected chi connectivity index (χ4v) is 3.93. The fourth-order valence-electron chi connectivity index (χ4n) is 2.14. The van der Waals surface area contributed by atoms with Crippen LogP contribution in [0.1, 0.15) is 45.6 Å². The van der Waals surface area contributed by atoms with Crippen LogP contribution in [0, 0.1) is 17.1 Å². The average Bonchev–Trinajstić information content (AvgIpc) is 2.44. The van der Waals surface area contributed by atoms with Gasteiger partial charge in [-0.15, -0.1) is 0 Å². The average molecular weight is 298 g/mol. The summed E-state index contributed by atoms with van der Waals surface area (Å²) >= 11 is 0. The Bertz CT molecular complexity index is 608. The minimum Gasteiger partial charge on any atom is -0.207 e. The Morgan fingerprint density at radius 3 is 2.25 bits per heavy atom. The summed E-state index contributed by atoms with van der Waals surface area (Å²) in [5, 5.41) is 8.95. The number of halogens is 1. The molecule has 0 amide bonds. The third-order valence-electron chi connectivity index (χ3n) is 3.76. The molecule has 0 bridgehead atoms. The van der Waals surface area contributed by atoms with Crippen LogP contribution < -0.4 is 4.72 Å². The summed E-state index contributed by atoms with van der Waals surface area (Å²) in [6.45, 7) is 5.69. The number of nitrogens with zero attached hydrogens (tertiary/aromatic N) is 1. The first-order valence-electron chi connectivity index (χ1n) is 6.58. The van der Waals surface area contributed by atoms with Crippen molar-refractivity contribution in [2.45, 2.75) is 50.5 Å². The van der Waals surface area contributed by atoms with Crippen LogP contribution >= 0.6 is 0 Å². The van der Waals surface area contributed by atoms with Gasteiger partial charge in [-0.1, -0.05) is 26.8 Å². The minimum atomic E-state index is -3.93.